The van der Waals surface area contributed by atoms with Crippen LogP contribution in [0.4, 0.5) is 0 Å². The van der Waals surface area contributed by atoms with Crippen LogP contribution in [0.5, 0.6) is 5.75 Å². The van der Waals surface area contributed by atoms with Gasteiger partial charge in [0.2, 0.25) is 6.29 Å². The van der Waals surface area contributed by atoms with Crippen molar-refractivity contribution < 1.29 is 33.2 Å². The summed E-state index contributed by atoms with van der Waals surface area (Å²) >= 11 is 0. The van der Waals surface area contributed by atoms with Crippen LogP contribution >= 0.6 is 0 Å². The first-order chi connectivity index (χ1) is 16.1. The lowest BCUT2D eigenvalue weighted by Crippen LogP contribution is -2.63. The molecule has 188 valence electrons. The first-order valence-corrected chi connectivity index (χ1v) is 12.5. The Morgan fingerprint density at radius 2 is 1.45 bits per heavy atom. The molecule has 0 bridgehead atoms. The first-order valence-electron chi connectivity index (χ1n) is 12.5. The van der Waals surface area contributed by atoms with E-state index in [2.05, 4.69) is 20.8 Å². The average Bonchev–Trinajstić information content (AvgIpc) is 2.80. The van der Waals surface area contributed by atoms with Gasteiger partial charge in [0.25, 0.3) is 0 Å². The summed E-state index contributed by atoms with van der Waals surface area (Å²) in [6.07, 6.45) is 2.88. The summed E-state index contributed by atoms with van der Waals surface area (Å²) in [6, 6.07) is 9.37. The van der Waals surface area contributed by atoms with Crippen molar-refractivity contribution in [2.24, 2.45) is 0 Å². The molecule has 33 heavy (non-hydrogen) atoms. The van der Waals surface area contributed by atoms with Crippen LogP contribution in [0.1, 0.15) is 66.2 Å². The Labute approximate surface area is 199 Å². The number of rotatable bonds is 16. The van der Waals surface area contributed by atoms with Crippen molar-refractivity contribution in [1.29, 1.82) is 0 Å². The van der Waals surface area contributed by atoms with E-state index in [0.29, 0.717) is 32.2 Å². The summed E-state index contributed by atoms with van der Waals surface area (Å²) in [6.45, 7) is 9.85. The van der Waals surface area contributed by atoms with Gasteiger partial charge in [-0.3, -0.25) is 4.79 Å². The maximum Gasteiger partial charge on any atom is 0.303 e. The molecule has 0 N–H and O–H groups in total. The van der Waals surface area contributed by atoms with E-state index in [1.807, 2.05) is 30.3 Å². The molecule has 0 aromatic heterocycles. The van der Waals surface area contributed by atoms with Gasteiger partial charge in [-0.1, -0.05) is 58.2 Å². The zero-order valence-electron chi connectivity index (χ0n) is 20.7. The minimum Gasteiger partial charge on any atom is -0.461 e. The molecule has 1 fully saturated rings. The van der Waals surface area contributed by atoms with Gasteiger partial charge in [-0.05, 0) is 31.4 Å². The number of hydrogen-bond acceptors (Lipinski definition) is 7. The van der Waals surface area contributed by atoms with Crippen LogP contribution in [0.2, 0.25) is 0 Å². The molecule has 1 aliphatic heterocycles. The zero-order valence-corrected chi connectivity index (χ0v) is 20.7. The summed E-state index contributed by atoms with van der Waals surface area (Å²) in [4.78, 5) is 12.0. The van der Waals surface area contributed by atoms with Crippen LogP contribution in [0.15, 0.2) is 30.3 Å². The Kier molecular flexibility index (Phi) is 13.4. The monoisotopic (exact) mass is 466 g/mol. The molecule has 1 aromatic rings. The van der Waals surface area contributed by atoms with Gasteiger partial charge in [0.05, 0.1) is 6.61 Å². The number of benzene rings is 1. The van der Waals surface area contributed by atoms with Crippen LogP contribution < -0.4 is 4.74 Å². The smallest absolute Gasteiger partial charge is 0.303 e. The molecule has 5 atom stereocenters. The highest BCUT2D eigenvalue weighted by Crippen LogP contribution is 2.31. The number of para-hydroxylation sites is 1. The molecule has 1 aliphatic rings. The number of carbonyl (C=O) groups excluding carboxylic acids is 1. The molecular weight excluding hydrogens is 424 g/mol. The van der Waals surface area contributed by atoms with Crippen LogP contribution in [0, 0.1) is 0 Å². The van der Waals surface area contributed by atoms with E-state index >= 15 is 0 Å². The summed E-state index contributed by atoms with van der Waals surface area (Å²) in [5.74, 6) is 0.210. The highest BCUT2D eigenvalue weighted by Gasteiger charge is 2.50. The number of unbranched alkanes of at least 4 members (excludes halogenated alkanes) is 3. The van der Waals surface area contributed by atoms with Crippen molar-refractivity contribution in [2.75, 3.05) is 26.4 Å². The summed E-state index contributed by atoms with van der Waals surface area (Å²) in [5, 5.41) is 0. The summed E-state index contributed by atoms with van der Waals surface area (Å²) in [7, 11) is 0. The van der Waals surface area contributed by atoms with Gasteiger partial charge in [0, 0.05) is 26.7 Å². The maximum absolute atomic E-state index is 12.0. The summed E-state index contributed by atoms with van der Waals surface area (Å²) < 4.78 is 36.7. The van der Waals surface area contributed by atoms with Crippen LogP contribution in [0.25, 0.3) is 0 Å². The highest BCUT2D eigenvalue weighted by atomic mass is 16.7. The second-order valence-corrected chi connectivity index (χ2v) is 8.35. The molecule has 1 aromatic carbocycles. The Hall–Kier alpha value is -1.67. The molecule has 0 aliphatic carbocycles. The molecule has 7 heteroatoms. The molecule has 2 unspecified atom stereocenters. The average molecular weight is 467 g/mol. The van der Waals surface area contributed by atoms with Crippen molar-refractivity contribution in [3.05, 3.63) is 30.3 Å². The Bertz CT molecular complexity index is 639. The molecule has 1 heterocycles. The third-order valence-electron chi connectivity index (χ3n) is 5.43. The lowest BCUT2D eigenvalue weighted by atomic mass is 9.98. The fraction of sp³-hybridized carbons (Fsp3) is 0.731. The fourth-order valence-electron chi connectivity index (χ4n) is 3.62. The van der Waals surface area contributed by atoms with Crippen molar-refractivity contribution in [2.45, 2.75) is 96.9 Å². The van der Waals surface area contributed by atoms with E-state index in [1.165, 1.54) is 6.92 Å². The molecule has 7 nitrogen and oxygen atoms in total. The predicted octanol–water partition coefficient (Wildman–Crippen LogP) is 4.91. The van der Waals surface area contributed by atoms with E-state index in [0.717, 1.165) is 38.5 Å². The standard InChI is InChI=1S/C26H42O7/c1-5-8-16-28-19-22-23(29-17-9-6-2)24(30-18-10-7-3)25(31-20(4)27)26(33-22)32-21-14-12-11-13-15-21/h11-15,22-26H,5-10,16-19H2,1-4H3/t22?,23-,24?,25-,26+/m1/s1. The maximum atomic E-state index is 12.0. The van der Waals surface area contributed by atoms with Crippen molar-refractivity contribution >= 4 is 5.97 Å². The Balaban J connectivity index is 2.29. The first kappa shape index (κ1) is 27.6. The molecule has 0 amide bonds. The Morgan fingerprint density at radius 3 is 2.06 bits per heavy atom. The van der Waals surface area contributed by atoms with Crippen molar-refractivity contribution in [3.8, 4) is 5.75 Å². The molecule has 0 spiro atoms. The summed E-state index contributed by atoms with van der Waals surface area (Å²) in [5.41, 5.74) is 0. The van der Waals surface area contributed by atoms with Crippen molar-refractivity contribution in [3.63, 3.8) is 0 Å². The third-order valence-corrected chi connectivity index (χ3v) is 5.43. The van der Waals surface area contributed by atoms with Crippen LogP contribution in [-0.2, 0) is 28.5 Å². The minimum absolute atomic E-state index is 0.353. The lowest BCUT2D eigenvalue weighted by Gasteiger charge is -2.45. The molecular formula is C26H42O7. The highest BCUT2D eigenvalue weighted by molar-refractivity contribution is 5.66. The van der Waals surface area contributed by atoms with Crippen molar-refractivity contribution in [1.82, 2.24) is 0 Å². The Morgan fingerprint density at radius 1 is 0.848 bits per heavy atom. The van der Waals surface area contributed by atoms with E-state index < -0.39 is 36.7 Å². The quantitative estimate of drug-likeness (QED) is 0.253. The molecule has 0 radical (unpaired) electrons. The topological polar surface area (TPSA) is 72.5 Å². The van der Waals surface area contributed by atoms with Gasteiger partial charge in [-0.2, -0.15) is 0 Å². The van der Waals surface area contributed by atoms with Gasteiger partial charge in [-0.15, -0.1) is 0 Å². The van der Waals surface area contributed by atoms with Gasteiger partial charge >= 0.3 is 5.97 Å². The third kappa shape index (κ3) is 9.61. The SMILES string of the molecule is CCCCOCC1O[C@H](Oc2ccccc2)[C@H](OC(C)=O)C(OCCCC)[C@@H]1OCCCC. The zero-order chi connectivity index (χ0) is 23.9. The van der Waals surface area contributed by atoms with Gasteiger partial charge in [0.1, 0.15) is 24.1 Å². The number of esters is 1. The van der Waals surface area contributed by atoms with E-state index in [4.69, 9.17) is 28.4 Å². The predicted molar refractivity (Wildman–Crippen MR) is 126 cm³/mol. The number of ether oxygens (including phenoxy) is 6. The van der Waals surface area contributed by atoms with Gasteiger partial charge < -0.3 is 28.4 Å². The normalized spacial score (nSPS) is 25.0. The van der Waals surface area contributed by atoms with Crippen LogP contribution in [-0.4, -0.2) is 63.1 Å². The van der Waals surface area contributed by atoms with E-state index in [9.17, 15) is 4.79 Å². The van der Waals surface area contributed by atoms with Crippen LogP contribution in [0.3, 0.4) is 0 Å². The second-order valence-electron chi connectivity index (χ2n) is 8.35. The largest absolute Gasteiger partial charge is 0.461 e. The lowest BCUT2D eigenvalue weighted by molar-refractivity contribution is -0.299. The van der Waals surface area contributed by atoms with Gasteiger partial charge in [0.15, 0.2) is 6.10 Å². The second kappa shape index (κ2) is 16.0. The fourth-order valence-corrected chi connectivity index (χ4v) is 3.62. The van der Waals surface area contributed by atoms with E-state index in [1.54, 1.807) is 0 Å². The molecule has 1 saturated heterocycles. The molecule has 2 rings (SSSR count). The molecule has 0 saturated carbocycles. The number of carbonyl (C=O) groups is 1. The van der Waals surface area contributed by atoms with Gasteiger partial charge in [-0.25, -0.2) is 0 Å². The van der Waals surface area contributed by atoms with E-state index in [-0.39, 0.29) is 0 Å². The minimum atomic E-state index is -0.839. The number of hydrogen-bond donors (Lipinski definition) is 0.